The molecular formula is C12H15N3O3S. The van der Waals surface area contributed by atoms with E-state index in [1.165, 1.54) is 12.3 Å². The van der Waals surface area contributed by atoms with Gasteiger partial charge >= 0.3 is 0 Å². The van der Waals surface area contributed by atoms with Crippen molar-refractivity contribution in [2.45, 2.75) is 6.04 Å². The summed E-state index contributed by atoms with van der Waals surface area (Å²) in [6.45, 7) is 0. The first-order valence-electron chi connectivity index (χ1n) is 5.72. The molecule has 0 aromatic carbocycles. The van der Waals surface area contributed by atoms with Crippen LogP contribution in [0.25, 0.3) is 0 Å². The third-order valence-electron chi connectivity index (χ3n) is 2.71. The van der Waals surface area contributed by atoms with Crippen LogP contribution < -0.4 is 10.2 Å². The smallest absolute Gasteiger partial charge is 0.253 e. The molecule has 0 saturated carbocycles. The number of nitrogens with one attached hydrogen (secondary N) is 1. The molecule has 102 valence electrons. The van der Waals surface area contributed by atoms with Gasteiger partial charge in [-0.05, 0) is 18.2 Å². The number of amides is 1. The molecule has 1 N–H and O–H groups in total. The van der Waals surface area contributed by atoms with Gasteiger partial charge in [-0.1, -0.05) is 0 Å². The van der Waals surface area contributed by atoms with Crippen LogP contribution in [0.2, 0.25) is 0 Å². The summed E-state index contributed by atoms with van der Waals surface area (Å²) in [5, 5.41) is 3.77. The molecule has 2 heterocycles. The molecule has 0 radical (unpaired) electrons. The van der Waals surface area contributed by atoms with E-state index in [0.29, 0.717) is 5.56 Å². The zero-order valence-corrected chi connectivity index (χ0v) is 11.5. The molecule has 1 amide bonds. The molecule has 0 bridgehead atoms. The van der Waals surface area contributed by atoms with Crippen LogP contribution in [-0.4, -0.2) is 45.2 Å². The van der Waals surface area contributed by atoms with E-state index in [1.54, 1.807) is 12.1 Å². The quantitative estimate of drug-likeness (QED) is 0.855. The van der Waals surface area contributed by atoms with Crippen LogP contribution >= 0.6 is 0 Å². The van der Waals surface area contributed by atoms with E-state index < -0.39 is 15.9 Å². The van der Waals surface area contributed by atoms with Crippen LogP contribution in [0.1, 0.15) is 10.4 Å². The van der Waals surface area contributed by atoms with Gasteiger partial charge < -0.3 is 10.2 Å². The Morgan fingerprint density at radius 2 is 2.16 bits per heavy atom. The van der Waals surface area contributed by atoms with Crippen molar-refractivity contribution in [1.82, 2.24) is 10.3 Å². The zero-order chi connectivity index (χ0) is 14.0. The van der Waals surface area contributed by atoms with Crippen molar-refractivity contribution in [2.75, 3.05) is 24.7 Å². The Morgan fingerprint density at radius 3 is 2.63 bits per heavy atom. The van der Waals surface area contributed by atoms with Crippen molar-refractivity contribution in [1.29, 1.82) is 0 Å². The van der Waals surface area contributed by atoms with Crippen molar-refractivity contribution in [2.24, 2.45) is 0 Å². The number of hydrogen-bond donors (Lipinski definition) is 1. The van der Waals surface area contributed by atoms with Crippen LogP contribution in [0.5, 0.6) is 0 Å². The van der Waals surface area contributed by atoms with E-state index >= 15 is 0 Å². The number of carbonyl (C=O) groups excluding carboxylic acids is 1. The molecule has 1 aliphatic rings. The fraction of sp³-hybridized carbons (Fsp3) is 0.333. The monoisotopic (exact) mass is 281 g/mol. The van der Waals surface area contributed by atoms with E-state index in [1.807, 2.05) is 19.0 Å². The number of rotatable bonds is 3. The first-order valence-corrected chi connectivity index (χ1v) is 7.44. The first-order chi connectivity index (χ1) is 8.87. The number of aromatic nitrogens is 1. The Bertz CT molecular complexity index is 606. The maximum Gasteiger partial charge on any atom is 0.253 e. The Hall–Kier alpha value is -1.89. The summed E-state index contributed by atoms with van der Waals surface area (Å²) in [6, 6.07) is 2.92. The van der Waals surface area contributed by atoms with Crippen molar-refractivity contribution in [3.63, 3.8) is 0 Å². The summed E-state index contributed by atoms with van der Waals surface area (Å²) in [4.78, 5) is 17.9. The molecule has 2 rings (SSSR count). The first kappa shape index (κ1) is 13.5. The second kappa shape index (κ2) is 5.00. The minimum Gasteiger partial charge on any atom is -0.363 e. The number of anilines is 1. The SMILES string of the molecule is CN(C)c1ccc(C(=O)N[C@H]2C=CS(=O)(=O)C2)cn1. The standard InChI is InChI=1S/C12H15N3O3S/c1-15(2)11-4-3-9(7-13-11)12(16)14-10-5-6-19(17,18)8-10/h3-7,10H,8H2,1-2H3,(H,14,16)/t10-/m0/s1. The molecule has 1 aliphatic heterocycles. The molecule has 0 fully saturated rings. The summed E-state index contributed by atoms with van der Waals surface area (Å²) in [6.07, 6.45) is 2.95. The summed E-state index contributed by atoms with van der Waals surface area (Å²) >= 11 is 0. The van der Waals surface area contributed by atoms with Crippen molar-refractivity contribution < 1.29 is 13.2 Å². The molecule has 7 heteroatoms. The lowest BCUT2D eigenvalue weighted by Gasteiger charge is -2.12. The largest absolute Gasteiger partial charge is 0.363 e. The highest BCUT2D eigenvalue weighted by Crippen LogP contribution is 2.11. The molecule has 0 spiro atoms. The van der Waals surface area contributed by atoms with Gasteiger partial charge in [-0.15, -0.1) is 0 Å². The molecule has 1 aromatic heterocycles. The van der Waals surface area contributed by atoms with E-state index in [-0.39, 0.29) is 11.7 Å². The average molecular weight is 281 g/mol. The van der Waals surface area contributed by atoms with Crippen LogP contribution in [0.3, 0.4) is 0 Å². The molecule has 0 aliphatic carbocycles. The van der Waals surface area contributed by atoms with Crippen molar-refractivity contribution >= 4 is 21.6 Å². The molecule has 6 nitrogen and oxygen atoms in total. The minimum atomic E-state index is -3.16. The maximum absolute atomic E-state index is 11.9. The van der Waals surface area contributed by atoms with Gasteiger partial charge in [0.1, 0.15) is 5.82 Å². The molecule has 0 unspecified atom stereocenters. The molecule has 0 saturated heterocycles. The summed E-state index contributed by atoms with van der Waals surface area (Å²) < 4.78 is 22.4. The lowest BCUT2D eigenvalue weighted by molar-refractivity contribution is 0.0947. The van der Waals surface area contributed by atoms with Gasteiger partial charge in [-0.2, -0.15) is 0 Å². The van der Waals surface area contributed by atoms with E-state index in [0.717, 1.165) is 11.2 Å². The fourth-order valence-corrected chi connectivity index (χ4v) is 2.94. The highest BCUT2D eigenvalue weighted by molar-refractivity contribution is 7.94. The summed E-state index contributed by atoms with van der Waals surface area (Å²) in [5.41, 5.74) is 0.406. The Kier molecular flexibility index (Phi) is 3.57. The third-order valence-corrected chi connectivity index (χ3v) is 4.11. The Morgan fingerprint density at radius 1 is 1.42 bits per heavy atom. The predicted octanol–water partition coefficient (Wildman–Crippen LogP) is 0.188. The fourth-order valence-electron chi connectivity index (χ4n) is 1.70. The van der Waals surface area contributed by atoms with Crippen LogP contribution in [0.15, 0.2) is 29.8 Å². The Labute approximate surface area is 112 Å². The second-order valence-corrected chi connectivity index (χ2v) is 6.47. The van der Waals surface area contributed by atoms with Crippen LogP contribution in [-0.2, 0) is 9.84 Å². The number of pyridine rings is 1. The van der Waals surface area contributed by atoms with Crippen LogP contribution in [0.4, 0.5) is 5.82 Å². The predicted molar refractivity (Wildman–Crippen MR) is 72.7 cm³/mol. The van der Waals surface area contributed by atoms with Gasteiger partial charge in [-0.3, -0.25) is 4.79 Å². The lowest BCUT2D eigenvalue weighted by atomic mass is 10.2. The second-order valence-electron chi connectivity index (χ2n) is 4.54. The van der Waals surface area contributed by atoms with Crippen molar-refractivity contribution in [3.05, 3.63) is 35.4 Å². The van der Waals surface area contributed by atoms with Gasteiger partial charge in [0.25, 0.3) is 5.91 Å². The van der Waals surface area contributed by atoms with Gasteiger partial charge in [0.05, 0.1) is 17.4 Å². The molecule has 1 atom stereocenters. The number of hydrogen-bond acceptors (Lipinski definition) is 5. The topological polar surface area (TPSA) is 79.4 Å². The minimum absolute atomic E-state index is 0.0814. The lowest BCUT2D eigenvalue weighted by Crippen LogP contribution is -2.35. The maximum atomic E-state index is 11.9. The van der Waals surface area contributed by atoms with E-state index in [9.17, 15) is 13.2 Å². The molecular weight excluding hydrogens is 266 g/mol. The molecule has 19 heavy (non-hydrogen) atoms. The highest BCUT2D eigenvalue weighted by Gasteiger charge is 2.23. The Balaban J connectivity index is 2.03. The van der Waals surface area contributed by atoms with E-state index in [4.69, 9.17) is 0 Å². The summed E-state index contributed by atoms with van der Waals surface area (Å²) in [7, 11) is 0.556. The summed E-state index contributed by atoms with van der Waals surface area (Å²) in [5.74, 6) is 0.339. The van der Waals surface area contributed by atoms with Crippen molar-refractivity contribution in [3.8, 4) is 0 Å². The third kappa shape index (κ3) is 3.31. The number of carbonyl (C=O) groups is 1. The van der Waals surface area contributed by atoms with Gasteiger partial charge in [-0.25, -0.2) is 13.4 Å². The van der Waals surface area contributed by atoms with Gasteiger partial charge in [0, 0.05) is 25.7 Å². The number of sulfone groups is 1. The van der Waals surface area contributed by atoms with Crippen LogP contribution in [0, 0.1) is 0 Å². The zero-order valence-electron chi connectivity index (χ0n) is 10.7. The normalized spacial score (nSPS) is 20.2. The average Bonchev–Trinajstić information content (AvgIpc) is 2.68. The van der Waals surface area contributed by atoms with Gasteiger partial charge in [0.15, 0.2) is 9.84 Å². The highest BCUT2D eigenvalue weighted by atomic mass is 32.2. The number of nitrogens with zero attached hydrogens (tertiary/aromatic N) is 2. The van der Waals surface area contributed by atoms with E-state index in [2.05, 4.69) is 10.3 Å². The van der Waals surface area contributed by atoms with Gasteiger partial charge in [0.2, 0.25) is 0 Å². The molecule has 1 aromatic rings.